The van der Waals surface area contributed by atoms with Gasteiger partial charge in [0.15, 0.2) is 0 Å². The maximum atomic E-state index is 12.6. The fourth-order valence-electron chi connectivity index (χ4n) is 2.90. The van der Waals surface area contributed by atoms with Gasteiger partial charge in [-0.3, -0.25) is 14.4 Å². The van der Waals surface area contributed by atoms with Gasteiger partial charge in [-0.25, -0.2) is 0 Å². The van der Waals surface area contributed by atoms with Crippen LogP contribution in [0.25, 0.3) is 0 Å². The van der Waals surface area contributed by atoms with E-state index in [2.05, 4.69) is 4.98 Å². The first-order valence-electron chi connectivity index (χ1n) is 8.30. The lowest BCUT2D eigenvalue weighted by atomic mass is 10.1. The Morgan fingerprint density at radius 3 is 1.92 bits per heavy atom. The van der Waals surface area contributed by atoms with Crippen molar-refractivity contribution >= 4 is 11.8 Å². The molecule has 0 bridgehead atoms. The molecule has 0 saturated carbocycles. The number of nitrogens with zero attached hydrogens (tertiary/aromatic N) is 2. The van der Waals surface area contributed by atoms with Crippen molar-refractivity contribution in [2.24, 2.45) is 0 Å². The van der Waals surface area contributed by atoms with E-state index in [1.807, 2.05) is 32.0 Å². The summed E-state index contributed by atoms with van der Waals surface area (Å²) in [6, 6.07) is 8.58. The summed E-state index contributed by atoms with van der Waals surface area (Å²) in [5, 5.41) is 0. The third-order valence-corrected chi connectivity index (χ3v) is 4.64. The Balaban J connectivity index is 1.64. The molecule has 25 heavy (non-hydrogen) atoms. The van der Waals surface area contributed by atoms with Crippen molar-refractivity contribution in [3.63, 3.8) is 0 Å². The van der Waals surface area contributed by atoms with Crippen LogP contribution < -0.4 is 5.56 Å². The van der Waals surface area contributed by atoms with E-state index in [1.54, 1.807) is 9.80 Å². The lowest BCUT2D eigenvalue weighted by Gasteiger charge is -2.35. The molecule has 0 aliphatic carbocycles. The summed E-state index contributed by atoms with van der Waals surface area (Å²) in [5.41, 5.74) is 3.16. The number of aromatic nitrogens is 1. The Labute approximate surface area is 146 Å². The molecule has 1 fully saturated rings. The first kappa shape index (κ1) is 17.0. The zero-order valence-corrected chi connectivity index (χ0v) is 14.4. The number of nitrogens with one attached hydrogen (secondary N) is 1. The molecule has 0 unspecified atom stereocenters. The Kier molecular flexibility index (Phi) is 4.70. The summed E-state index contributed by atoms with van der Waals surface area (Å²) in [6.07, 6.45) is 1.43. The van der Waals surface area contributed by atoms with Gasteiger partial charge in [0, 0.05) is 44.0 Å². The largest absolute Gasteiger partial charge is 0.335 e. The second-order valence-corrected chi connectivity index (χ2v) is 6.33. The van der Waals surface area contributed by atoms with E-state index in [0.717, 1.165) is 11.1 Å². The van der Waals surface area contributed by atoms with Gasteiger partial charge in [-0.15, -0.1) is 0 Å². The molecule has 2 amide bonds. The molecule has 0 spiro atoms. The van der Waals surface area contributed by atoms with Gasteiger partial charge in [0.2, 0.25) is 5.56 Å². The van der Waals surface area contributed by atoms with Crippen LogP contribution in [0.15, 0.2) is 41.3 Å². The topological polar surface area (TPSA) is 73.5 Å². The van der Waals surface area contributed by atoms with Crippen molar-refractivity contribution in [2.75, 3.05) is 26.2 Å². The van der Waals surface area contributed by atoms with Crippen LogP contribution in [0.1, 0.15) is 31.8 Å². The van der Waals surface area contributed by atoms with Crippen molar-refractivity contribution in [1.82, 2.24) is 14.8 Å². The Bertz CT molecular complexity index is 844. The highest BCUT2D eigenvalue weighted by atomic mass is 16.2. The van der Waals surface area contributed by atoms with Crippen LogP contribution in [0.5, 0.6) is 0 Å². The number of carbonyl (C=O) groups is 2. The number of piperazine rings is 1. The number of amides is 2. The summed E-state index contributed by atoms with van der Waals surface area (Å²) in [7, 11) is 0. The van der Waals surface area contributed by atoms with Crippen LogP contribution in [0.2, 0.25) is 0 Å². The first-order valence-corrected chi connectivity index (χ1v) is 8.30. The molecule has 1 aliphatic heterocycles. The van der Waals surface area contributed by atoms with E-state index in [0.29, 0.717) is 37.3 Å². The van der Waals surface area contributed by atoms with Gasteiger partial charge >= 0.3 is 0 Å². The minimum Gasteiger partial charge on any atom is -0.335 e. The molecule has 1 aromatic carbocycles. The van der Waals surface area contributed by atoms with E-state index >= 15 is 0 Å². The molecule has 6 heteroatoms. The minimum atomic E-state index is -0.236. The summed E-state index contributed by atoms with van der Waals surface area (Å²) in [6.45, 7) is 5.97. The lowest BCUT2D eigenvalue weighted by molar-refractivity contribution is 0.0535. The Hall–Kier alpha value is -2.89. The maximum Gasteiger partial charge on any atom is 0.255 e. The van der Waals surface area contributed by atoms with Gasteiger partial charge < -0.3 is 14.8 Å². The molecule has 130 valence electrons. The van der Waals surface area contributed by atoms with Crippen LogP contribution in [0.3, 0.4) is 0 Å². The van der Waals surface area contributed by atoms with Gasteiger partial charge in [-0.05, 0) is 43.2 Å². The van der Waals surface area contributed by atoms with Crippen molar-refractivity contribution in [3.05, 3.63) is 69.1 Å². The summed E-state index contributed by atoms with van der Waals surface area (Å²) in [4.78, 5) is 42.2. The van der Waals surface area contributed by atoms with E-state index in [9.17, 15) is 14.4 Å². The lowest BCUT2D eigenvalue weighted by Crippen LogP contribution is -2.50. The average molecular weight is 339 g/mol. The number of rotatable bonds is 2. The number of aromatic amines is 1. The third kappa shape index (κ3) is 3.63. The van der Waals surface area contributed by atoms with Crippen molar-refractivity contribution in [2.45, 2.75) is 13.8 Å². The van der Waals surface area contributed by atoms with Gasteiger partial charge in [0.05, 0.1) is 5.56 Å². The van der Waals surface area contributed by atoms with Crippen LogP contribution in [0, 0.1) is 13.8 Å². The van der Waals surface area contributed by atoms with Crippen molar-refractivity contribution < 1.29 is 9.59 Å². The fraction of sp³-hybridized carbons (Fsp3) is 0.316. The van der Waals surface area contributed by atoms with Gasteiger partial charge in [0.25, 0.3) is 11.8 Å². The first-order chi connectivity index (χ1) is 12.0. The van der Waals surface area contributed by atoms with E-state index in [4.69, 9.17) is 0 Å². The highest BCUT2D eigenvalue weighted by Crippen LogP contribution is 2.14. The predicted molar refractivity (Wildman–Crippen MR) is 94.8 cm³/mol. The van der Waals surface area contributed by atoms with E-state index < -0.39 is 0 Å². The van der Waals surface area contributed by atoms with E-state index in [1.165, 1.54) is 18.3 Å². The smallest absolute Gasteiger partial charge is 0.255 e. The van der Waals surface area contributed by atoms with Gasteiger partial charge in [0.1, 0.15) is 0 Å². The maximum absolute atomic E-state index is 12.6. The molecule has 2 heterocycles. The van der Waals surface area contributed by atoms with E-state index in [-0.39, 0.29) is 17.4 Å². The van der Waals surface area contributed by atoms with Crippen LogP contribution in [-0.2, 0) is 0 Å². The van der Waals surface area contributed by atoms with Crippen LogP contribution in [0.4, 0.5) is 0 Å². The molecule has 3 rings (SSSR count). The standard InChI is InChI=1S/C19H21N3O3/c1-13-3-4-15(11-14(13)2)18(24)21-7-9-22(10-8-21)19(25)16-5-6-17(23)20-12-16/h3-6,11-12H,7-10H2,1-2H3,(H,20,23). The number of hydrogen-bond donors (Lipinski definition) is 1. The number of aryl methyl sites for hydroxylation is 2. The number of pyridine rings is 1. The fourth-order valence-corrected chi connectivity index (χ4v) is 2.90. The molecular weight excluding hydrogens is 318 g/mol. The summed E-state index contributed by atoms with van der Waals surface area (Å²) in [5.74, 6) is -0.131. The highest BCUT2D eigenvalue weighted by molar-refractivity contribution is 5.96. The molecule has 6 nitrogen and oxygen atoms in total. The van der Waals surface area contributed by atoms with Crippen molar-refractivity contribution in [3.8, 4) is 0 Å². The normalized spacial score (nSPS) is 14.5. The third-order valence-electron chi connectivity index (χ3n) is 4.64. The van der Waals surface area contributed by atoms with Gasteiger partial charge in [-0.2, -0.15) is 0 Å². The number of benzene rings is 1. The minimum absolute atomic E-state index is 0.000704. The second kappa shape index (κ2) is 6.93. The highest BCUT2D eigenvalue weighted by Gasteiger charge is 2.25. The average Bonchev–Trinajstić information content (AvgIpc) is 2.63. The zero-order valence-electron chi connectivity index (χ0n) is 14.4. The Morgan fingerprint density at radius 1 is 0.840 bits per heavy atom. The van der Waals surface area contributed by atoms with Crippen LogP contribution >= 0.6 is 0 Å². The van der Waals surface area contributed by atoms with Crippen molar-refractivity contribution in [1.29, 1.82) is 0 Å². The summed E-state index contributed by atoms with van der Waals surface area (Å²) >= 11 is 0. The molecule has 1 aliphatic rings. The SMILES string of the molecule is Cc1ccc(C(=O)N2CCN(C(=O)c3ccc(=O)[nH]c3)CC2)cc1C. The quantitative estimate of drug-likeness (QED) is 0.903. The Morgan fingerprint density at radius 2 is 1.40 bits per heavy atom. The van der Waals surface area contributed by atoms with Crippen LogP contribution in [-0.4, -0.2) is 52.8 Å². The molecule has 1 aromatic heterocycles. The summed E-state index contributed by atoms with van der Waals surface area (Å²) < 4.78 is 0. The molecule has 2 aromatic rings. The number of carbonyl (C=O) groups excluding carboxylic acids is 2. The zero-order chi connectivity index (χ0) is 18.0. The molecule has 1 N–H and O–H groups in total. The molecule has 1 saturated heterocycles. The monoisotopic (exact) mass is 339 g/mol. The molecule has 0 atom stereocenters. The second-order valence-electron chi connectivity index (χ2n) is 6.33. The molecular formula is C19H21N3O3. The molecule has 0 radical (unpaired) electrons. The number of H-pyrrole nitrogens is 1. The number of hydrogen-bond acceptors (Lipinski definition) is 3. The predicted octanol–water partition coefficient (Wildman–Crippen LogP) is 1.59. The van der Waals surface area contributed by atoms with Gasteiger partial charge in [-0.1, -0.05) is 6.07 Å².